The fourth-order valence-corrected chi connectivity index (χ4v) is 6.28. The molecule has 0 aromatic carbocycles. The first-order valence-corrected chi connectivity index (χ1v) is 10.9. The summed E-state index contributed by atoms with van der Waals surface area (Å²) >= 11 is 9.82. The van der Waals surface area contributed by atoms with E-state index in [0.717, 1.165) is 26.0 Å². The molecular formula is C14H12ClNO3S4. The van der Waals surface area contributed by atoms with Crippen LogP contribution in [0.2, 0.25) is 4.34 Å². The number of hydrogen-bond donors (Lipinski definition) is 2. The number of halogens is 1. The predicted octanol–water partition coefficient (Wildman–Crippen LogP) is 4.20. The van der Waals surface area contributed by atoms with Crippen LogP contribution in [-0.2, 0) is 10.0 Å². The van der Waals surface area contributed by atoms with Crippen molar-refractivity contribution >= 4 is 55.6 Å². The minimum atomic E-state index is -3.65. The average molecular weight is 406 g/mol. The number of nitrogens with one attached hydrogen (secondary N) is 1. The van der Waals surface area contributed by atoms with Crippen molar-refractivity contribution in [2.24, 2.45) is 0 Å². The molecule has 23 heavy (non-hydrogen) atoms. The number of aliphatic hydroxyl groups excluding tert-OH is 1. The Hall–Kier alpha value is -0.740. The highest BCUT2D eigenvalue weighted by Gasteiger charge is 2.19. The molecule has 0 aliphatic heterocycles. The van der Waals surface area contributed by atoms with Crippen LogP contribution in [0.3, 0.4) is 0 Å². The third-order valence-corrected chi connectivity index (χ3v) is 8.40. The Balaban J connectivity index is 1.67. The molecule has 0 aliphatic carbocycles. The van der Waals surface area contributed by atoms with E-state index in [2.05, 4.69) is 4.72 Å². The molecule has 0 bridgehead atoms. The van der Waals surface area contributed by atoms with E-state index < -0.39 is 16.1 Å². The van der Waals surface area contributed by atoms with E-state index in [1.165, 1.54) is 23.5 Å². The van der Waals surface area contributed by atoms with E-state index in [0.29, 0.717) is 4.34 Å². The number of sulfonamides is 1. The van der Waals surface area contributed by atoms with Crippen LogP contribution in [-0.4, -0.2) is 20.1 Å². The summed E-state index contributed by atoms with van der Waals surface area (Å²) in [6.45, 7) is -0.0811. The molecule has 0 unspecified atom stereocenters. The van der Waals surface area contributed by atoms with Gasteiger partial charge in [-0.3, -0.25) is 0 Å². The SMILES string of the molecule is O=S(=O)(NC[C@H](O)c1ccc(-c2cccs2)s1)c1ccc(Cl)s1. The standard InChI is InChI=1S/C14H12ClNO3S4/c15-13-5-6-14(22-13)23(18,19)16-8-9(17)10-3-4-12(21-10)11-2-1-7-20-11/h1-7,9,16-17H,8H2/t9-/m0/s1. The maximum Gasteiger partial charge on any atom is 0.250 e. The van der Waals surface area contributed by atoms with Crippen molar-refractivity contribution < 1.29 is 13.5 Å². The normalized spacial score (nSPS) is 13.3. The predicted molar refractivity (Wildman–Crippen MR) is 97.1 cm³/mol. The van der Waals surface area contributed by atoms with Gasteiger partial charge in [-0.25, -0.2) is 13.1 Å². The average Bonchev–Trinajstić information content (AvgIpc) is 3.24. The quantitative estimate of drug-likeness (QED) is 0.645. The second kappa shape index (κ2) is 7.02. The van der Waals surface area contributed by atoms with Crippen LogP contribution in [0.1, 0.15) is 11.0 Å². The largest absolute Gasteiger partial charge is 0.386 e. The van der Waals surface area contributed by atoms with Gasteiger partial charge in [0.2, 0.25) is 10.0 Å². The Morgan fingerprint density at radius 1 is 1.13 bits per heavy atom. The van der Waals surface area contributed by atoms with Gasteiger partial charge in [-0.1, -0.05) is 17.7 Å². The molecule has 0 radical (unpaired) electrons. The second-order valence-electron chi connectivity index (χ2n) is 4.61. The van der Waals surface area contributed by atoms with E-state index in [9.17, 15) is 13.5 Å². The smallest absolute Gasteiger partial charge is 0.250 e. The molecule has 4 nitrogen and oxygen atoms in total. The van der Waals surface area contributed by atoms with Crippen molar-refractivity contribution in [1.29, 1.82) is 0 Å². The topological polar surface area (TPSA) is 66.4 Å². The molecule has 0 saturated carbocycles. The lowest BCUT2D eigenvalue weighted by Crippen LogP contribution is -2.27. The molecule has 3 heterocycles. The van der Waals surface area contributed by atoms with Crippen molar-refractivity contribution in [2.45, 2.75) is 10.3 Å². The molecule has 1 atom stereocenters. The van der Waals surface area contributed by atoms with Crippen LogP contribution in [0.25, 0.3) is 9.75 Å². The van der Waals surface area contributed by atoms with Gasteiger partial charge in [0.05, 0.1) is 4.34 Å². The summed E-state index contributed by atoms with van der Waals surface area (Å²) < 4.78 is 27.2. The fraction of sp³-hybridized carbons (Fsp3) is 0.143. The van der Waals surface area contributed by atoms with E-state index in [1.807, 2.05) is 29.6 Å². The van der Waals surface area contributed by atoms with E-state index in [4.69, 9.17) is 11.6 Å². The zero-order valence-electron chi connectivity index (χ0n) is 11.6. The summed E-state index contributed by atoms with van der Waals surface area (Å²) in [5.74, 6) is 0. The highest BCUT2D eigenvalue weighted by Crippen LogP contribution is 2.34. The summed E-state index contributed by atoms with van der Waals surface area (Å²) in [4.78, 5) is 2.91. The van der Waals surface area contributed by atoms with E-state index in [1.54, 1.807) is 11.3 Å². The lowest BCUT2D eigenvalue weighted by atomic mass is 10.3. The molecule has 0 amide bonds. The van der Waals surface area contributed by atoms with Crippen LogP contribution in [0, 0.1) is 0 Å². The molecular weight excluding hydrogens is 394 g/mol. The molecule has 0 fully saturated rings. The molecule has 2 N–H and O–H groups in total. The van der Waals surface area contributed by atoms with Crippen LogP contribution in [0.15, 0.2) is 46.0 Å². The van der Waals surface area contributed by atoms with Gasteiger partial charge in [0.15, 0.2) is 0 Å². The first-order chi connectivity index (χ1) is 11.0. The van der Waals surface area contributed by atoms with E-state index >= 15 is 0 Å². The minimum Gasteiger partial charge on any atom is -0.386 e. The summed E-state index contributed by atoms with van der Waals surface area (Å²) in [6, 6.07) is 10.7. The van der Waals surface area contributed by atoms with Crippen molar-refractivity contribution in [3.05, 3.63) is 51.0 Å². The molecule has 0 spiro atoms. The molecule has 3 rings (SSSR count). The molecule has 3 aromatic rings. The zero-order chi connectivity index (χ0) is 16.4. The van der Waals surface area contributed by atoms with Crippen molar-refractivity contribution in [3.8, 4) is 9.75 Å². The highest BCUT2D eigenvalue weighted by atomic mass is 35.5. The fourth-order valence-electron chi connectivity index (χ4n) is 1.89. The number of rotatable bonds is 6. The molecule has 9 heteroatoms. The monoisotopic (exact) mass is 405 g/mol. The van der Waals surface area contributed by atoms with Gasteiger partial charge in [-0.15, -0.1) is 34.0 Å². The van der Waals surface area contributed by atoms with Crippen LogP contribution >= 0.6 is 45.6 Å². The van der Waals surface area contributed by atoms with Gasteiger partial charge in [-0.2, -0.15) is 0 Å². The Labute approximate surface area is 151 Å². The molecule has 0 aliphatic rings. The lowest BCUT2D eigenvalue weighted by molar-refractivity contribution is 0.186. The first-order valence-electron chi connectivity index (χ1n) is 6.52. The van der Waals surface area contributed by atoms with E-state index in [-0.39, 0.29) is 10.8 Å². The van der Waals surface area contributed by atoms with Crippen molar-refractivity contribution in [2.75, 3.05) is 6.54 Å². The Morgan fingerprint density at radius 2 is 1.96 bits per heavy atom. The van der Waals surface area contributed by atoms with Crippen LogP contribution in [0.4, 0.5) is 0 Å². The highest BCUT2D eigenvalue weighted by molar-refractivity contribution is 7.91. The van der Waals surface area contributed by atoms with Gasteiger partial charge >= 0.3 is 0 Å². The lowest BCUT2D eigenvalue weighted by Gasteiger charge is -2.09. The van der Waals surface area contributed by atoms with Crippen molar-refractivity contribution in [3.63, 3.8) is 0 Å². The van der Waals surface area contributed by atoms with Crippen LogP contribution in [0.5, 0.6) is 0 Å². The Morgan fingerprint density at radius 3 is 2.61 bits per heavy atom. The summed E-state index contributed by atoms with van der Waals surface area (Å²) in [7, 11) is -3.65. The van der Waals surface area contributed by atoms with Gasteiger partial charge in [0.1, 0.15) is 10.3 Å². The minimum absolute atomic E-state index is 0.0811. The maximum absolute atomic E-state index is 12.1. The molecule has 3 aromatic heterocycles. The zero-order valence-corrected chi connectivity index (χ0v) is 15.6. The number of aliphatic hydroxyl groups is 1. The summed E-state index contributed by atoms with van der Waals surface area (Å²) in [6.07, 6.45) is -0.890. The van der Waals surface area contributed by atoms with Gasteiger partial charge in [0.25, 0.3) is 0 Å². The molecule has 122 valence electrons. The summed E-state index contributed by atoms with van der Waals surface area (Å²) in [5, 5.41) is 12.2. The second-order valence-corrected chi connectivity index (χ2v) is 10.4. The van der Waals surface area contributed by atoms with Gasteiger partial charge < -0.3 is 5.11 Å². The summed E-state index contributed by atoms with van der Waals surface area (Å²) in [5.41, 5.74) is 0. The van der Waals surface area contributed by atoms with Gasteiger partial charge in [0, 0.05) is 21.2 Å². The maximum atomic E-state index is 12.1. The number of hydrogen-bond acceptors (Lipinski definition) is 6. The van der Waals surface area contributed by atoms with Gasteiger partial charge in [-0.05, 0) is 35.7 Å². The van der Waals surface area contributed by atoms with Crippen LogP contribution < -0.4 is 4.72 Å². The Bertz CT molecular complexity index is 883. The third-order valence-electron chi connectivity index (χ3n) is 3.00. The third kappa shape index (κ3) is 4.03. The first kappa shape index (κ1) is 17.1. The Kier molecular flexibility index (Phi) is 5.22. The molecule has 0 saturated heterocycles. The number of thiophene rings is 3. The van der Waals surface area contributed by atoms with Crippen molar-refractivity contribution in [1.82, 2.24) is 4.72 Å².